The lowest BCUT2D eigenvalue weighted by Crippen LogP contribution is -2.49. The van der Waals surface area contributed by atoms with Crippen molar-refractivity contribution in [3.05, 3.63) is 22.7 Å². The summed E-state index contributed by atoms with van der Waals surface area (Å²) < 4.78 is 1.54. The van der Waals surface area contributed by atoms with Gasteiger partial charge in [-0.1, -0.05) is 0 Å². The maximum atomic E-state index is 12.1. The third kappa shape index (κ3) is 2.69. The Morgan fingerprint density at radius 1 is 1.40 bits per heavy atom. The van der Waals surface area contributed by atoms with Crippen molar-refractivity contribution in [3.63, 3.8) is 0 Å². The molecule has 20 heavy (non-hydrogen) atoms. The number of amides is 1. The van der Waals surface area contributed by atoms with E-state index < -0.39 is 0 Å². The van der Waals surface area contributed by atoms with Crippen LogP contribution in [0.15, 0.2) is 17.2 Å². The number of nitrogens with one attached hydrogen (secondary N) is 1. The fraction of sp³-hybridized carbons (Fsp3) is 0.643. The highest BCUT2D eigenvalue weighted by molar-refractivity contribution is 5.81. The van der Waals surface area contributed by atoms with Crippen LogP contribution < -0.4 is 15.8 Å². The van der Waals surface area contributed by atoms with Crippen LogP contribution in [0.2, 0.25) is 0 Å². The molecule has 0 spiro atoms. The SMILES string of the molecule is Cn1ccnc(N2CCCC(NC(=O)C3CC3)C2)c1=O. The van der Waals surface area contributed by atoms with Crippen LogP contribution in [0.1, 0.15) is 25.7 Å². The number of aryl methyl sites for hydroxylation is 1. The number of anilines is 1. The molecule has 1 unspecified atom stereocenters. The minimum atomic E-state index is -0.0818. The fourth-order valence-corrected chi connectivity index (χ4v) is 2.65. The van der Waals surface area contributed by atoms with E-state index in [1.54, 1.807) is 19.4 Å². The first-order valence-electron chi connectivity index (χ1n) is 7.22. The second-order valence-electron chi connectivity index (χ2n) is 5.73. The highest BCUT2D eigenvalue weighted by atomic mass is 16.2. The van der Waals surface area contributed by atoms with Gasteiger partial charge in [-0.15, -0.1) is 0 Å². The number of piperidine rings is 1. The van der Waals surface area contributed by atoms with Gasteiger partial charge in [-0.25, -0.2) is 4.98 Å². The van der Waals surface area contributed by atoms with Gasteiger partial charge in [0.2, 0.25) is 5.91 Å². The van der Waals surface area contributed by atoms with Gasteiger partial charge in [0.05, 0.1) is 0 Å². The molecule has 1 aliphatic carbocycles. The zero-order chi connectivity index (χ0) is 14.1. The van der Waals surface area contributed by atoms with Crippen molar-refractivity contribution in [2.75, 3.05) is 18.0 Å². The summed E-state index contributed by atoms with van der Waals surface area (Å²) in [7, 11) is 1.73. The van der Waals surface area contributed by atoms with Crippen LogP contribution in [0.3, 0.4) is 0 Å². The first-order valence-corrected chi connectivity index (χ1v) is 7.22. The lowest BCUT2D eigenvalue weighted by molar-refractivity contribution is -0.123. The number of hydrogen-bond donors (Lipinski definition) is 1. The molecule has 1 amide bonds. The monoisotopic (exact) mass is 276 g/mol. The lowest BCUT2D eigenvalue weighted by Gasteiger charge is -2.33. The van der Waals surface area contributed by atoms with Gasteiger partial charge in [0, 0.05) is 44.5 Å². The number of carbonyl (C=O) groups excluding carboxylic acids is 1. The summed E-state index contributed by atoms with van der Waals surface area (Å²) in [5, 5.41) is 3.10. The molecule has 0 aromatic carbocycles. The van der Waals surface area contributed by atoms with Gasteiger partial charge in [-0.05, 0) is 25.7 Å². The number of rotatable bonds is 3. The highest BCUT2D eigenvalue weighted by Crippen LogP contribution is 2.29. The van der Waals surface area contributed by atoms with E-state index in [2.05, 4.69) is 10.3 Å². The molecule has 108 valence electrons. The third-order valence-electron chi connectivity index (χ3n) is 4.01. The summed E-state index contributed by atoms with van der Waals surface area (Å²) in [6.45, 7) is 1.49. The van der Waals surface area contributed by atoms with Gasteiger partial charge in [0.25, 0.3) is 5.56 Å². The van der Waals surface area contributed by atoms with Gasteiger partial charge < -0.3 is 14.8 Å². The highest BCUT2D eigenvalue weighted by Gasteiger charge is 2.32. The molecule has 0 radical (unpaired) electrons. The largest absolute Gasteiger partial charge is 0.351 e. The van der Waals surface area contributed by atoms with E-state index >= 15 is 0 Å². The molecule has 0 bridgehead atoms. The molecule has 1 saturated carbocycles. The zero-order valence-electron chi connectivity index (χ0n) is 11.7. The van der Waals surface area contributed by atoms with Crippen molar-refractivity contribution in [1.29, 1.82) is 0 Å². The molecular formula is C14H20N4O2. The molecule has 1 aromatic heterocycles. The smallest absolute Gasteiger partial charge is 0.293 e. The Morgan fingerprint density at radius 3 is 2.95 bits per heavy atom. The molecule has 2 aliphatic rings. The summed E-state index contributed by atoms with van der Waals surface area (Å²) in [6, 6.07) is 0.128. The Morgan fingerprint density at radius 2 is 2.20 bits per heavy atom. The number of carbonyl (C=O) groups is 1. The van der Waals surface area contributed by atoms with E-state index in [9.17, 15) is 9.59 Å². The number of aromatic nitrogens is 2. The van der Waals surface area contributed by atoms with Crippen LogP contribution >= 0.6 is 0 Å². The van der Waals surface area contributed by atoms with Gasteiger partial charge >= 0.3 is 0 Å². The zero-order valence-corrected chi connectivity index (χ0v) is 11.7. The van der Waals surface area contributed by atoms with Gasteiger partial charge in [-0.3, -0.25) is 9.59 Å². The van der Waals surface area contributed by atoms with Crippen LogP contribution in [-0.4, -0.2) is 34.6 Å². The van der Waals surface area contributed by atoms with Crippen LogP contribution in [0.5, 0.6) is 0 Å². The summed E-state index contributed by atoms with van der Waals surface area (Å²) >= 11 is 0. The minimum Gasteiger partial charge on any atom is -0.351 e. The molecule has 1 aliphatic heterocycles. The summed E-state index contributed by atoms with van der Waals surface area (Å²) in [6.07, 6.45) is 7.27. The molecule has 1 N–H and O–H groups in total. The van der Waals surface area contributed by atoms with Crippen molar-refractivity contribution in [3.8, 4) is 0 Å². The van der Waals surface area contributed by atoms with E-state index in [1.165, 1.54) is 4.57 Å². The van der Waals surface area contributed by atoms with E-state index in [1.807, 2.05) is 4.90 Å². The molecule has 1 aromatic rings. The molecule has 6 heteroatoms. The predicted molar refractivity (Wildman–Crippen MR) is 75.6 cm³/mol. The molecule has 3 rings (SSSR count). The van der Waals surface area contributed by atoms with E-state index in [-0.39, 0.29) is 23.4 Å². The van der Waals surface area contributed by atoms with Crippen molar-refractivity contribution in [1.82, 2.24) is 14.9 Å². The average molecular weight is 276 g/mol. The second-order valence-corrected chi connectivity index (χ2v) is 5.73. The second kappa shape index (κ2) is 5.26. The minimum absolute atomic E-state index is 0.0818. The first kappa shape index (κ1) is 13.1. The van der Waals surface area contributed by atoms with Gasteiger partial charge in [0.15, 0.2) is 5.82 Å². The van der Waals surface area contributed by atoms with Crippen molar-refractivity contribution in [2.24, 2.45) is 13.0 Å². The van der Waals surface area contributed by atoms with E-state index in [0.29, 0.717) is 12.4 Å². The molecule has 1 atom stereocenters. The van der Waals surface area contributed by atoms with Crippen molar-refractivity contribution >= 4 is 11.7 Å². The maximum absolute atomic E-state index is 12.1. The molecule has 1 saturated heterocycles. The quantitative estimate of drug-likeness (QED) is 0.861. The topological polar surface area (TPSA) is 67.2 Å². The van der Waals surface area contributed by atoms with Crippen LogP contribution in [0.25, 0.3) is 0 Å². The summed E-state index contributed by atoms with van der Waals surface area (Å²) in [5.41, 5.74) is -0.0818. The van der Waals surface area contributed by atoms with Crippen molar-refractivity contribution in [2.45, 2.75) is 31.7 Å². The van der Waals surface area contributed by atoms with E-state index in [0.717, 1.165) is 32.2 Å². The van der Waals surface area contributed by atoms with Crippen LogP contribution in [0, 0.1) is 5.92 Å². The van der Waals surface area contributed by atoms with E-state index in [4.69, 9.17) is 0 Å². The average Bonchev–Trinajstić information content (AvgIpc) is 3.26. The Bertz CT molecular complexity index is 565. The summed E-state index contributed by atoms with van der Waals surface area (Å²) in [4.78, 5) is 30.1. The number of hydrogen-bond acceptors (Lipinski definition) is 4. The van der Waals surface area contributed by atoms with Crippen LogP contribution in [0.4, 0.5) is 5.82 Å². The normalized spacial score (nSPS) is 22.6. The molecule has 6 nitrogen and oxygen atoms in total. The third-order valence-corrected chi connectivity index (χ3v) is 4.01. The predicted octanol–water partition coefficient (Wildman–Crippen LogP) is 0.275. The lowest BCUT2D eigenvalue weighted by atomic mass is 10.1. The van der Waals surface area contributed by atoms with Crippen molar-refractivity contribution < 1.29 is 4.79 Å². The Balaban J connectivity index is 1.69. The molecule has 2 heterocycles. The standard InChI is InChI=1S/C14H20N4O2/c1-17-8-6-15-12(14(17)20)18-7-2-3-11(9-18)16-13(19)10-4-5-10/h6,8,10-11H,2-5,7,9H2,1H3,(H,16,19). The van der Waals surface area contributed by atoms with Gasteiger partial charge in [-0.2, -0.15) is 0 Å². The molecular weight excluding hydrogens is 256 g/mol. The Labute approximate surface area is 117 Å². The fourth-order valence-electron chi connectivity index (χ4n) is 2.65. The maximum Gasteiger partial charge on any atom is 0.293 e. The number of nitrogens with zero attached hydrogens (tertiary/aromatic N) is 3. The molecule has 2 fully saturated rings. The Kier molecular flexibility index (Phi) is 3.46. The Hall–Kier alpha value is -1.85. The summed E-state index contributed by atoms with van der Waals surface area (Å²) in [5.74, 6) is 0.888. The first-order chi connectivity index (χ1) is 9.65. The van der Waals surface area contributed by atoms with Crippen LogP contribution in [-0.2, 0) is 11.8 Å². The van der Waals surface area contributed by atoms with Gasteiger partial charge in [0.1, 0.15) is 0 Å².